The number of aliphatic hydroxyl groups excluding tert-OH is 9. The number of hydrogen-bond donors (Lipinski definition) is 13. The molecule has 0 amide bonds. The third-order valence-electron chi connectivity index (χ3n) is 15.0. The van der Waals surface area contributed by atoms with Crippen molar-refractivity contribution >= 4 is 41.8 Å². The minimum atomic E-state index is -4.08. The summed E-state index contributed by atoms with van der Waals surface area (Å²) in [5.74, 6) is 0.107. The molecule has 6 aromatic heterocycles. The Kier molecular flexibility index (Phi) is 19.6. The van der Waals surface area contributed by atoms with Crippen LogP contribution in [0.5, 0.6) is 5.75 Å². The van der Waals surface area contributed by atoms with Crippen LogP contribution < -0.4 is 21.1 Å². The molecular formula is C54H76N11O18P. The number of carbonyl (C=O) groups excluding carboxylic acids is 1. The number of aromatic nitrogens is 8. The summed E-state index contributed by atoms with van der Waals surface area (Å²) in [6, 6.07) is 19.5. The fourth-order valence-corrected chi connectivity index (χ4v) is 11.8. The number of hydrogen-bond acceptors (Lipinski definition) is 25. The Bertz CT molecular complexity index is 3420. The molecule has 14 atom stereocenters. The zero-order chi connectivity index (χ0) is 60.6. The highest BCUT2D eigenvalue weighted by Gasteiger charge is 2.64. The summed E-state index contributed by atoms with van der Waals surface area (Å²) in [6.45, 7) is 9.08. The second-order valence-corrected chi connectivity index (χ2v) is 23.5. The molecule has 0 saturated carbocycles. The number of carbonyl (C=O) groups is 1. The van der Waals surface area contributed by atoms with Crippen LogP contribution in [0.3, 0.4) is 0 Å². The number of anilines is 2. The highest BCUT2D eigenvalue weighted by molar-refractivity contribution is 7.52. The summed E-state index contributed by atoms with van der Waals surface area (Å²) in [5.41, 5.74) is 8.72. The van der Waals surface area contributed by atoms with Gasteiger partial charge in [0.25, 0.3) is 0 Å². The van der Waals surface area contributed by atoms with Crippen molar-refractivity contribution in [2.24, 2.45) is 5.41 Å². The minimum Gasteiger partial charge on any atom is -0.464 e. The molecule has 3 aliphatic rings. The van der Waals surface area contributed by atoms with Crippen molar-refractivity contribution in [3.63, 3.8) is 0 Å². The van der Waals surface area contributed by atoms with Crippen LogP contribution in [0.25, 0.3) is 16.6 Å². The van der Waals surface area contributed by atoms with Gasteiger partial charge in [-0.2, -0.15) is 15.3 Å². The van der Waals surface area contributed by atoms with Crippen LogP contribution in [0.1, 0.15) is 71.7 Å². The van der Waals surface area contributed by atoms with Crippen LogP contribution in [0.15, 0.2) is 91.6 Å². The van der Waals surface area contributed by atoms with Crippen molar-refractivity contribution in [3.05, 3.63) is 114 Å². The van der Waals surface area contributed by atoms with Gasteiger partial charge in [-0.3, -0.25) is 9.32 Å². The van der Waals surface area contributed by atoms with E-state index in [4.69, 9.17) is 39.5 Å². The molecule has 3 saturated heterocycles. The Morgan fingerprint density at radius 3 is 1.95 bits per heavy atom. The van der Waals surface area contributed by atoms with E-state index in [1.165, 1.54) is 34.8 Å². The number of nitrogens with zero attached hydrogens (tertiary/aromatic N) is 8. The Morgan fingerprint density at radius 1 is 0.738 bits per heavy atom. The van der Waals surface area contributed by atoms with E-state index < -0.39 is 123 Å². The van der Waals surface area contributed by atoms with Crippen LogP contribution in [0, 0.1) is 12.3 Å². The predicted molar refractivity (Wildman–Crippen MR) is 299 cm³/mol. The summed E-state index contributed by atoms with van der Waals surface area (Å²) in [4.78, 5) is 20.2. The van der Waals surface area contributed by atoms with Gasteiger partial charge in [-0.1, -0.05) is 25.6 Å². The highest BCUT2D eigenvalue weighted by atomic mass is 31.2. The van der Waals surface area contributed by atoms with E-state index >= 15 is 0 Å². The van der Waals surface area contributed by atoms with Crippen molar-refractivity contribution in [3.8, 4) is 5.75 Å². The molecule has 0 spiro atoms. The maximum absolute atomic E-state index is 13.9. The van der Waals surface area contributed by atoms with Crippen molar-refractivity contribution in [2.45, 2.75) is 133 Å². The first kappa shape index (κ1) is 65.2. The van der Waals surface area contributed by atoms with Gasteiger partial charge in [0, 0.05) is 12.2 Å². The van der Waals surface area contributed by atoms with Crippen molar-refractivity contribution in [1.29, 1.82) is 0 Å². The van der Waals surface area contributed by atoms with Gasteiger partial charge in [-0.05, 0) is 103 Å². The topological polar surface area (TPSA) is 434 Å². The second-order valence-electron chi connectivity index (χ2n) is 21.8. The van der Waals surface area contributed by atoms with Crippen LogP contribution in [-0.4, -0.2) is 196 Å². The summed E-state index contributed by atoms with van der Waals surface area (Å²) in [6.07, 6.45) is -5.78. The molecular weight excluding hydrogens is 1120 g/mol. The Morgan fingerprint density at radius 2 is 1.33 bits per heavy atom. The highest BCUT2D eigenvalue weighted by Crippen LogP contribution is 2.49. The zero-order valence-corrected chi connectivity index (χ0v) is 47.4. The van der Waals surface area contributed by atoms with Crippen molar-refractivity contribution in [1.82, 2.24) is 43.9 Å². The normalized spacial score (nSPS) is 29.6. The average molecular weight is 1200 g/mol. The number of nitrogen functional groups attached to an aromatic ring is 2. The van der Waals surface area contributed by atoms with Gasteiger partial charge in [0.15, 0.2) is 17.0 Å². The summed E-state index contributed by atoms with van der Waals surface area (Å²) >= 11 is 0. The molecule has 10 rings (SSSR count). The molecule has 3 aliphatic heterocycles. The molecule has 30 heteroatoms. The van der Waals surface area contributed by atoms with Gasteiger partial charge in [-0.15, -0.1) is 0 Å². The molecule has 0 radical (unpaired) electrons. The molecule has 7 aromatic rings. The molecule has 460 valence electrons. The third-order valence-corrected chi connectivity index (χ3v) is 16.7. The van der Waals surface area contributed by atoms with Crippen LogP contribution in [0.4, 0.5) is 11.5 Å². The quantitative estimate of drug-likeness (QED) is 0.0447. The molecule has 84 heavy (non-hydrogen) atoms. The smallest absolute Gasteiger partial charge is 0.459 e. The Hall–Kier alpha value is -6.35. The van der Waals surface area contributed by atoms with Gasteiger partial charge < -0.3 is 86.0 Å². The van der Waals surface area contributed by atoms with Gasteiger partial charge in [0.05, 0.1) is 77.9 Å². The first-order valence-corrected chi connectivity index (χ1v) is 27.9. The lowest BCUT2D eigenvalue weighted by Gasteiger charge is -2.37. The van der Waals surface area contributed by atoms with Crippen molar-refractivity contribution in [2.75, 3.05) is 51.1 Å². The summed E-state index contributed by atoms with van der Waals surface area (Å²) in [5, 5.41) is 117. The fraction of sp³-hybridized carbons (Fsp3) is 0.519. The van der Waals surface area contributed by atoms with Crippen LogP contribution >= 0.6 is 7.75 Å². The van der Waals surface area contributed by atoms with E-state index in [1.54, 1.807) is 106 Å². The van der Waals surface area contributed by atoms with Gasteiger partial charge in [0.1, 0.15) is 90.6 Å². The zero-order valence-electron chi connectivity index (χ0n) is 46.5. The lowest BCUT2D eigenvalue weighted by atomic mass is 9.80. The maximum atomic E-state index is 13.9. The summed E-state index contributed by atoms with van der Waals surface area (Å²) < 4.78 is 52.5. The van der Waals surface area contributed by atoms with E-state index in [9.17, 15) is 60.4 Å². The molecule has 0 bridgehead atoms. The molecule has 3 fully saturated rings. The maximum Gasteiger partial charge on any atom is 0.459 e. The predicted octanol–water partition coefficient (Wildman–Crippen LogP) is -0.000180. The molecule has 29 nitrogen and oxygen atoms in total. The standard InChI is InChI=1S/C27H37N4O8P.C14H19N3O5.C12H16N4O5.CH4/c1-17(14-36-25(34)26(3,4)5)30-40(35,39-19-10-8-7-9-11-19)37-15-21-23(32)24(33)27(6,38-21)22-13-12-20-18(2)28-16-29-31(20)22;1-13(21)12(20)10(6-18)22-14(13,7-19)11-3-2-9-8(15)4-5-16-17(9)11;13-11-6-1-2-8(16(6)15-5-14-11)12(4-18)10(20)9(19)7(3-17)21-12;/h7-13,16-17,21,23-24,32-33H,14-15H2,1-6H3,(H,30,35);2-5,10,12,18-21H,6-7,15H2,1H3;1-2,5,7,9-10,17-20H,3-4H2,(H2,13,14,15);1H4/t17-,21+,23+,24+,27-,40?;10-,12-,13-,14+;7-,9-,10-,12+;/m011./s1. The largest absolute Gasteiger partial charge is 0.464 e. The summed E-state index contributed by atoms with van der Waals surface area (Å²) in [7, 11) is -4.08. The SMILES string of the molecule is C.C[C@@]1(O)[C@H](O)[C@@H](CO)O[C@@]1(CO)c1ccc2c(N)ccnn12.Cc1ncnn2c([C@]3(C)O[C@H](COP(=O)(N[C@@H](C)COC(=O)C(C)(C)C)Oc4ccccc4)[C@@H](O)[C@H]3O)ccc12.Nc1ncnn2c([C@]3(CO)O[C@H](CO)[C@@H](O)[C@H]3O)ccc12. The number of rotatable bonds is 16. The molecule has 1 aromatic carbocycles. The Balaban J connectivity index is 0.000000195. The molecule has 9 heterocycles. The number of benzene rings is 1. The fourth-order valence-electron chi connectivity index (χ4n) is 10.2. The van der Waals surface area contributed by atoms with E-state index in [-0.39, 0.29) is 32.2 Å². The lowest BCUT2D eigenvalue weighted by Crippen LogP contribution is -2.55. The average Bonchev–Trinajstić information content (AvgIpc) is 1.73. The van der Waals surface area contributed by atoms with Crippen LogP contribution in [0.2, 0.25) is 0 Å². The van der Waals surface area contributed by atoms with Crippen LogP contribution in [-0.2, 0) is 49.6 Å². The second kappa shape index (κ2) is 25.3. The first-order chi connectivity index (χ1) is 39.2. The van der Waals surface area contributed by atoms with E-state index in [0.29, 0.717) is 33.8 Å². The number of para-hydroxylation sites is 1. The molecule has 1 unspecified atom stereocenters. The van der Waals surface area contributed by atoms with Gasteiger partial charge in [-0.25, -0.2) is 33.2 Å². The molecule has 15 N–H and O–H groups in total. The van der Waals surface area contributed by atoms with E-state index in [0.717, 1.165) is 11.2 Å². The van der Waals surface area contributed by atoms with Gasteiger partial charge in [0.2, 0.25) is 0 Å². The number of nitrogens with two attached hydrogens (primary N) is 2. The number of ether oxygens (including phenoxy) is 4. The number of nitrogens with one attached hydrogen (secondary N) is 1. The Labute approximate surface area is 482 Å². The molecule has 0 aliphatic carbocycles. The number of esters is 1. The first-order valence-electron chi connectivity index (χ1n) is 26.3. The van der Waals surface area contributed by atoms with E-state index in [1.807, 2.05) is 13.0 Å². The van der Waals surface area contributed by atoms with E-state index in [2.05, 4.69) is 30.4 Å². The minimum absolute atomic E-state index is 0. The lowest BCUT2D eigenvalue weighted by molar-refractivity contribution is -0.167. The van der Waals surface area contributed by atoms with Crippen molar-refractivity contribution < 1.29 is 88.4 Å². The van der Waals surface area contributed by atoms with Gasteiger partial charge >= 0.3 is 13.7 Å². The number of aliphatic hydroxyl groups is 10. The third kappa shape index (κ3) is 12.0. The number of fused-ring (bicyclic) bond motifs is 3. The monoisotopic (exact) mass is 1200 g/mol. The number of aryl methyl sites for hydroxylation is 1.